The van der Waals surface area contributed by atoms with Crippen LogP contribution in [0.4, 0.5) is 0 Å². The van der Waals surface area contributed by atoms with E-state index in [2.05, 4.69) is 75.9 Å². The second-order valence-corrected chi connectivity index (χ2v) is 6.36. The van der Waals surface area contributed by atoms with Gasteiger partial charge in [-0.05, 0) is 24.1 Å². The predicted molar refractivity (Wildman–Crippen MR) is 97.1 cm³/mol. The van der Waals surface area contributed by atoms with Gasteiger partial charge in [0.1, 0.15) is 0 Å². The Labute approximate surface area is 144 Å². The van der Waals surface area contributed by atoms with Gasteiger partial charge in [0.2, 0.25) is 0 Å². The highest BCUT2D eigenvalue weighted by molar-refractivity contribution is 5.31. The van der Waals surface area contributed by atoms with Crippen LogP contribution in [0.15, 0.2) is 60.7 Å². The summed E-state index contributed by atoms with van der Waals surface area (Å²) in [4.78, 5) is 5.08. The van der Waals surface area contributed by atoms with E-state index in [1.54, 1.807) is 0 Å². The third-order valence-electron chi connectivity index (χ3n) is 4.77. The largest absolute Gasteiger partial charge is 0.317 e. The van der Waals surface area contributed by atoms with Crippen LogP contribution in [0.3, 0.4) is 0 Å². The first-order valence-corrected chi connectivity index (χ1v) is 8.82. The van der Waals surface area contributed by atoms with Gasteiger partial charge in [-0.2, -0.15) is 0 Å². The van der Waals surface area contributed by atoms with Crippen LogP contribution in [0.1, 0.15) is 23.6 Å². The van der Waals surface area contributed by atoms with E-state index >= 15 is 0 Å². The molecule has 1 aliphatic rings. The van der Waals surface area contributed by atoms with E-state index in [-0.39, 0.29) is 0 Å². The maximum Gasteiger partial charge on any atom is 0.0602 e. The van der Waals surface area contributed by atoms with Crippen LogP contribution in [0.2, 0.25) is 0 Å². The molecule has 4 heteroatoms. The zero-order chi connectivity index (χ0) is 16.6. The molecule has 0 spiro atoms. The fourth-order valence-corrected chi connectivity index (χ4v) is 3.51. The molecule has 1 aliphatic heterocycles. The summed E-state index contributed by atoms with van der Waals surface area (Å²) in [5.41, 5.74) is 4.97. The minimum Gasteiger partial charge on any atom is -0.317 e. The molecule has 1 heterocycles. The summed E-state index contributed by atoms with van der Waals surface area (Å²) in [6, 6.07) is 21.9. The first-order chi connectivity index (χ1) is 11.9. The van der Waals surface area contributed by atoms with Crippen molar-refractivity contribution in [3.63, 3.8) is 0 Å². The van der Waals surface area contributed by atoms with Crippen LogP contribution < -0.4 is 5.48 Å². The van der Waals surface area contributed by atoms with Crippen LogP contribution in [0.5, 0.6) is 0 Å². The molecule has 2 N–H and O–H groups in total. The topological polar surface area (TPSA) is 38.7 Å². The van der Waals surface area contributed by atoms with Gasteiger partial charge < -0.3 is 10.1 Å². The Hall–Kier alpha value is -1.72. The van der Waals surface area contributed by atoms with E-state index < -0.39 is 0 Å². The number of piperazine rings is 1. The van der Waals surface area contributed by atoms with Gasteiger partial charge >= 0.3 is 0 Å². The smallest absolute Gasteiger partial charge is 0.0602 e. The van der Waals surface area contributed by atoms with Crippen molar-refractivity contribution in [2.75, 3.05) is 39.3 Å². The molecule has 4 nitrogen and oxygen atoms in total. The Morgan fingerprint density at radius 2 is 1.38 bits per heavy atom. The van der Waals surface area contributed by atoms with E-state index in [0.717, 1.165) is 39.1 Å². The fourth-order valence-electron chi connectivity index (χ4n) is 3.51. The summed E-state index contributed by atoms with van der Waals surface area (Å²) in [5.74, 6) is 0. The summed E-state index contributed by atoms with van der Waals surface area (Å²) >= 11 is 0. The standard InChI is InChI=1S/C20H27N3O/c24-21-12-7-13-22-14-16-23(17-15-22)20(18-8-3-1-4-9-18)19-10-5-2-6-11-19/h1-6,8-11,20-21,24H,7,12-17H2. The number of rotatable bonds is 7. The number of nitrogens with zero attached hydrogens (tertiary/aromatic N) is 2. The molecule has 0 aromatic heterocycles. The molecular weight excluding hydrogens is 298 g/mol. The van der Waals surface area contributed by atoms with Gasteiger partial charge in [-0.3, -0.25) is 4.90 Å². The molecule has 24 heavy (non-hydrogen) atoms. The maximum absolute atomic E-state index is 8.69. The van der Waals surface area contributed by atoms with Gasteiger partial charge in [0, 0.05) is 32.7 Å². The predicted octanol–water partition coefficient (Wildman–Crippen LogP) is 2.76. The van der Waals surface area contributed by atoms with Crippen molar-refractivity contribution in [2.24, 2.45) is 0 Å². The third-order valence-corrected chi connectivity index (χ3v) is 4.77. The highest BCUT2D eigenvalue weighted by atomic mass is 16.5. The zero-order valence-electron chi connectivity index (χ0n) is 14.1. The highest BCUT2D eigenvalue weighted by Gasteiger charge is 2.25. The molecule has 1 fully saturated rings. The van der Waals surface area contributed by atoms with Crippen molar-refractivity contribution in [3.8, 4) is 0 Å². The molecule has 0 unspecified atom stereocenters. The van der Waals surface area contributed by atoms with Crippen LogP contribution in [-0.4, -0.2) is 54.3 Å². The normalized spacial score (nSPS) is 16.6. The average Bonchev–Trinajstić information content (AvgIpc) is 2.65. The minimum absolute atomic E-state index is 0.327. The van der Waals surface area contributed by atoms with Gasteiger partial charge in [-0.1, -0.05) is 60.7 Å². The van der Waals surface area contributed by atoms with Gasteiger partial charge in [0.05, 0.1) is 6.04 Å². The molecule has 0 aliphatic carbocycles. The van der Waals surface area contributed by atoms with Gasteiger partial charge in [-0.15, -0.1) is 0 Å². The lowest BCUT2D eigenvalue weighted by atomic mass is 9.96. The molecule has 0 radical (unpaired) electrons. The summed E-state index contributed by atoms with van der Waals surface area (Å²) in [6.45, 7) is 6.02. The van der Waals surface area contributed by atoms with Gasteiger partial charge in [-0.25, -0.2) is 5.48 Å². The Kier molecular flexibility index (Phi) is 6.38. The highest BCUT2D eigenvalue weighted by Crippen LogP contribution is 2.29. The first kappa shape index (κ1) is 17.1. The van der Waals surface area contributed by atoms with Crippen LogP contribution in [-0.2, 0) is 0 Å². The summed E-state index contributed by atoms with van der Waals surface area (Å²) in [5, 5.41) is 8.69. The number of hydrogen-bond donors (Lipinski definition) is 2. The molecule has 2 aromatic rings. The van der Waals surface area contributed by atoms with Crippen molar-refractivity contribution >= 4 is 0 Å². The lowest BCUT2D eigenvalue weighted by Gasteiger charge is -2.39. The van der Waals surface area contributed by atoms with Crippen LogP contribution >= 0.6 is 0 Å². The van der Waals surface area contributed by atoms with Crippen molar-refractivity contribution < 1.29 is 5.21 Å². The van der Waals surface area contributed by atoms with E-state index in [9.17, 15) is 0 Å². The molecule has 1 saturated heterocycles. The summed E-state index contributed by atoms with van der Waals surface area (Å²) < 4.78 is 0. The molecule has 0 bridgehead atoms. The molecule has 0 atom stereocenters. The third kappa shape index (κ3) is 4.42. The first-order valence-electron chi connectivity index (χ1n) is 8.82. The molecule has 0 amide bonds. The Morgan fingerprint density at radius 1 is 0.833 bits per heavy atom. The molecule has 2 aromatic carbocycles. The Balaban J connectivity index is 1.69. The molecular formula is C20H27N3O. The zero-order valence-corrected chi connectivity index (χ0v) is 14.1. The lowest BCUT2D eigenvalue weighted by Crippen LogP contribution is -2.48. The van der Waals surface area contributed by atoms with Crippen molar-refractivity contribution in [1.82, 2.24) is 15.3 Å². The lowest BCUT2D eigenvalue weighted by molar-refractivity contribution is 0.103. The van der Waals surface area contributed by atoms with Crippen molar-refractivity contribution in [2.45, 2.75) is 12.5 Å². The Bertz CT molecular complexity index is 543. The van der Waals surface area contributed by atoms with Crippen LogP contribution in [0.25, 0.3) is 0 Å². The van der Waals surface area contributed by atoms with Crippen LogP contribution in [0, 0.1) is 0 Å². The SMILES string of the molecule is ONCCCN1CCN(C(c2ccccc2)c2ccccc2)CC1. The van der Waals surface area contributed by atoms with E-state index in [1.165, 1.54) is 11.1 Å². The van der Waals surface area contributed by atoms with Gasteiger partial charge in [0.25, 0.3) is 0 Å². The second kappa shape index (κ2) is 8.94. The average molecular weight is 325 g/mol. The molecule has 128 valence electrons. The monoisotopic (exact) mass is 325 g/mol. The van der Waals surface area contributed by atoms with E-state index in [1.807, 2.05) is 0 Å². The molecule has 3 rings (SSSR count). The summed E-state index contributed by atoms with van der Waals surface area (Å²) in [7, 11) is 0. The fraction of sp³-hybridized carbons (Fsp3) is 0.400. The van der Waals surface area contributed by atoms with Crippen molar-refractivity contribution in [1.29, 1.82) is 0 Å². The Morgan fingerprint density at radius 3 is 1.88 bits per heavy atom. The maximum atomic E-state index is 8.69. The quantitative estimate of drug-likeness (QED) is 0.606. The second-order valence-electron chi connectivity index (χ2n) is 6.36. The van der Waals surface area contributed by atoms with E-state index in [0.29, 0.717) is 12.6 Å². The van der Waals surface area contributed by atoms with Gasteiger partial charge in [0.15, 0.2) is 0 Å². The molecule has 0 saturated carbocycles. The van der Waals surface area contributed by atoms with Crippen molar-refractivity contribution in [3.05, 3.63) is 71.8 Å². The summed E-state index contributed by atoms with van der Waals surface area (Å²) in [6.07, 6.45) is 0.983. The number of hydrogen-bond acceptors (Lipinski definition) is 4. The number of benzene rings is 2. The van der Waals surface area contributed by atoms with E-state index in [4.69, 9.17) is 5.21 Å². The number of nitrogens with one attached hydrogen (secondary N) is 1. The number of hydroxylamine groups is 1. The minimum atomic E-state index is 0.327.